The summed E-state index contributed by atoms with van der Waals surface area (Å²) in [6, 6.07) is 3.09. The molecule has 8 nitrogen and oxygen atoms in total. The largest absolute Gasteiger partial charge is 0.472 e. The Morgan fingerprint density at radius 1 is 0.970 bits per heavy atom. The number of esters is 2. The van der Waals surface area contributed by atoms with Crippen LogP contribution in [0.1, 0.15) is 74.1 Å². The number of carbonyl (C=O) groups excluding carboxylic acids is 2. The number of fused-ring (bicyclic) bond motifs is 1. The third-order valence-electron chi connectivity index (χ3n) is 8.44. The number of aliphatic hydroxyl groups is 1. The van der Waals surface area contributed by atoms with Crippen molar-refractivity contribution in [2.75, 3.05) is 0 Å². The first-order valence-corrected chi connectivity index (χ1v) is 11.4. The van der Waals surface area contributed by atoms with Gasteiger partial charge in [0.25, 0.3) is 0 Å². The molecule has 3 heterocycles. The third-order valence-corrected chi connectivity index (χ3v) is 8.44. The van der Waals surface area contributed by atoms with Crippen LogP contribution < -0.4 is 0 Å². The van der Waals surface area contributed by atoms with Gasteiger partial charge >= 0.3 is 11.9 Å². The number of ether oxygens (including phenoxy) is 3. The topological polar surface area (TPSA) is 108 Å². The maximum absolute atomic E-state index is 13.0. The molecule has 8 heteroatoms. The van der Waals surface area contributed by atoms with Crippen LogP contribution in [-0.2, 0) is 14.2 Å². The summed E-state index contributed by atoms with van der Waals surface area (Å²) in [6.07, 6.45) is 6.12. The molecule has 0 amide bonds. The number of furan rings is 2. The first-order valence-electron chi connectivity index (χ1n) is 11.4. The average Bonchev–Trinajstić information content (AvgIpc) is 3.49. The van der Waals surface area contributed by atoms with Crippen molar-refractivity contribution < 1.29 is 37.7 Å². The maximum Gasteiger partial charge on any atom is 0.341 e. The van der Waals surface area contributed by atoms with Crippen LogP contribution in [0, 0.1) is 11.3 Å². The zero-order valence-electron chi connectivity index (χ0n) is 19.3. The predicted octanol–water partition coefficient (Wildman–Crippen LogP) is 4.13. The molecule has 178 valence electrons. The van der Waals surface area contributed by atoms with Gasteiger partial charge in [-0.3, -0.25) is 0 Å². The molecule has 1 N–H and O–H groups in total. The normalized spacial score (nSPS) is 39.0. The van der Waals surface area contributed by atoms with Crippen molar-refractivity contribution in [1.29, 1.82) is 0 Å². The van der Waals surface area contributed by atoms with Crippen molar-refractivity contribution in [2.24, 2.45) is 11.3 Å². The van der Waals surface area contributed by atoms with E-state index >= 15 is 0 Å². The number of carbonyl (C=O) groups is 2. The molecule has 2 aromatic rings. The second kappa shape index (κ2) is 7.21. The van der Waals surface area contributed by atoms with E-state index in [0.29, 0.717) is 36.8 Å². The van der Waals surface area contributed by atoms with Crippen LogP contribution in [0.4, 0.5) is 0 Å². The summed E-state index contributed by atoms with van der Waals surface area (Å²) < 4.78 is 28.9. The number of rotatable bonds is 4. The quantitative estimate of drug-likeness (QED) is 0.682. The molecule has 6 atom stereocenters. The number of hydrogen-bond acceptors (Lipinski definition) is 8. The highest BCUT2D eigenvalue weighted by atomic mass is 16.6. The first-order chi connectivity index (χ1) is 15.5. The van der Waals surface area contributed by atoms with Crippen LogP contribution in [0.25, 0.3) is 0 Å². The van der Waals surface area contributed by atoms with E-state index in [1.807, 2.05) is 20.8 Å². The molecule has 5 rings (SSSR count). The van der Waals surface area contributed by atoms with Crippen LogP contribution in [0.5, 0.6) is 0 Å². The summed E-state index contributed by atoms with van der Waals surface area (Å²) in [7, 11) is 0. The van der Waals surface area contributed by atoms with Crippen molar-refractivity contribution >= 4 is 11.9 Å². The Morgan fingerprint density at radius 3 is 2.09 bits per heavy atom. The third kappa shape index (κ3) is 3.10. The molecule has 0 radical (unpaired) electrons. The molecule has 33 heavy (non-hydrogen) atoms. The van der Waals surface area contributed by atoms with Gasteiger partial charge in [0.05, 0.1) is 40.3 Å². The summed E-state index contributed by atoms with van der Waals surface area (Å²) in [5.74, 6) is -0.983. The van der Waals surface area contributed by atoms with Crippen molar-refractivity contribution in [1.82, 2.24) is 0 Å². The number of hydrogen-bond donors (Lipinski definition) is 1. The molecule has 1 aliphatic heterocycles. The smallest absolute Gasteiger partial charge is 0.341 e. The van der Waals surface area contributed by atoms with Crippen molar-refractivity contribution in [2.45, 2.75) is 82.4 Å². The summed E-state index contributed by atoms with van der Waals surface area (Å²) in [5, 5.41) is 11.7. The SMILES string of the molecule is CC1(C)O[C@]23C[C@H]1C[C@H](OC(=O)c1ccoc1)[C@]2(C)[C@@H](OC(=O)c1ccoc1)CC[C@]3(C)O. The van der Waals surface area contributed by atoms with Crippen LogP contribution in [0.15, 0.2) is 46.0 Å². The van der Waals surface area contributed by atoms with E-state index < -0.39 is 46.4 Å². The Kier molecular flexibility index (Phi) is 4.85. The van der Waals surface area contributed by atoms with Gasteiger partial charge in [-0.1, -0.05) is 0 Å². The van der Waals surface area contributed by atoms with Crippen LogP contribution in [-0.4, -0.2) is 46.1 Å². The summed E-state index contributed by atoms with van der Waals surface area (Å²) in [6.45, 7) is 7.70. The van der Waals surface area contributed by atoms with E-state index in [2.05, 4.69) is 0 Å². The molecule has 2 saturated carbocycles. The van der Waals surface area contributed by atoms with E-state index in [4.69, 9.17) is 23.0 Å². The van der Waals surface area contributed by atoms with E-state index in [1.165, 1.54) is 25.1 Å². The van der Waals surface area contributed by atoms with Crippen molar-refractivity contribution in [3.8, 4) is 0 Å². The van der Waals surface area contributed by atoms with Gasteiger partial charge in [0, 0.05) is 0 Å². The molecule has 0 aromatic carbocycles. The van der Waals surface area contributed by atoms with E-state index in [-0.39, 0.29) is 5.92 Å². The van der Waals surface area contributed by atoms with E-state index in [0.717, 1.165) is 0 Å². The molecule has 2 bridgehead atoms. The Morgan fingerprint density at radius 2 is 1.55 bits per heavy atom. The average molecular weight is 459 g/mol. The minimum atomic E-state index is -1.20. The highest BCUT2D eigenvalue weighted by molar-refractivity contribution is 5.89. The van der Waals surface area contributed by atoms with Crippen LogP contribution in [0.2, 0.25) is 0 Å². The molecule has 1 spiro atoms. The summed E-state index contributed by atoms with van der Waals surface area (Å²) >= 11 is 0. The highest BCUT2D eigenvalue weighted by Gasteiger charge is 2.77. The predicted molar refractivity (Wildman–Crippen MR) is 114 cm³/mol. The standard InChI is InChI=1S/C25H30O8/c1-22(2)17-11-19(32-21(27)16-7-10-30-14-16)24(4)18(31-20(26)15-6-9-29-13-15)5-8-23(3,28)25(24,12-17)33-22/h6-7,9-10,13-14,17-19,28H,5,8,11-12H2,1-4H3/t17-,18+,19+,23+,24+,25+/m1/s1. The van der Waals surface area contributed by atoms with Gasteiger partial charge in [0.2, 0.25) is 0 Å². The second-order valence-electron chi connectivity index (χ2n) is 10.6. The first kappa shape index (κ1) is 22.2. The highest BCUT2D eigenvalue weighted by Crippen LogP contribution is 2.67. The fraction of sp³-hybridized carbons (Fsp3) is 0.600. The van der Waals surface area contributed by atoms with Crippen molar-refractivity contribution in [3.63, 3.8) is 0 Å². The Hall–Kier alpha value is -2.58. The molecular formula is C25H30O8. The van der Waals surface area contributed by atoms with E-state index in [9.17, 15) is 14.7 Å². The molecule has 2 aromatic heterocycles. The lowest BCUT2D eigenvalue weighted by Crippen LogP contribution is -2.74. The molecule has 3 aliphatic rings. The zero-order valence-corrected chi connectivity index (χ0v) is 19.3. The Labute approximate surface area is 192 Å². The van der Waals surface area contributed by atoms with Gasteiger partial charge in [0.15, 0.2) is 0 Å². The van der Waals surface area contributed by atoms with Gasteiger partial charge in [-0.15, -0.1) is 0 Å². The Balaban J connectivity index is 1.57. The van der Waals surface area contributed by atoms with Crippen LogP contribution >= 0.6 is 0 Å². The lowest BCUT2D eigenvalue weighted by molar-refractivity contribution is -0.302. The van der Waals surface area contributed by atoms with Gasteiger partial charge in [0.1, 0.15) is 30.3 Å². The van der Waals surface area contributed by atoms with Gasteiger partial charge in [-0.05, 0) is 71.4 Å². The molecule has 2 aliphatic carbocycles. The minimum absolute atomic E-state index is 0.0579. The molecular weight excluding hydrogens is 428 g/mol. The fourth-order valence-corrected chi connectivity index (χ4v) is 6.43. The molecule has 3 fully saturated rings. The summed E-state index contributed by atoms with van der Waals surface area (Å²) in [5.41, 5.74) is -3.19. The van der Waals surface area contributed by atoms with Crippen LogP contribution in [0.3, 0.4) is 0 Å². The second-order valence-corrected chi connectivity index (χ2v) is 10.6. The minimum Gasteiger partial charge on any atom is -0.472 e. The molecule has 0 unspecified atom stereocenters. The maximum atomic E-state index is 13.0. The van der Waals surface area contributed by atoms with Gasteiger partial charge in [-0.2, -0.15) is 0 Å². The van der Waals surface area contributed by atoms with Gasteiger partial charge in [-0.25, -0.2) is 9.59 Å². The summed E-state index contributed by atoms with van der Waals surface area (Å²) in [4.78, 5) is 25.8. The van der Waals surface area contributed by atoms with Gasteiger partial charge < -0.3 is 28.2 Å². The fourth-order valence-electron chi connectivity index (χ4n) is 6.43. The van der Waals surface area contributed by atoms with Crippen molar-refractivity contribution in [3.05, 3.63) is 48.3 Å². The van der Waals surface area contributed by atoms with E-state index in [1.54, 1.807) is 19.1 Å². The Bertz CT molecular complexity index is 1040. The zero-order chi connectivity index (χ0) is 23.6. The lowest BCUT2D eigenvalue weighted by atomic mass is 9.49. The monoisotopic (exact) mass is 458 g/mol. The lowest BCUT2D eigenvalue weighted by Gasteiger charge is -2.62. The molecule has 1 saturated heterocycles.